The molecule has 0 bridgehead atoms. The van der Waals surface area contributed by atoms with E-state index in [2.05, 4.69) is 15.9 Å². The quantitative estimate of drug-likeness (QED) is 0.454. The Kier molecular flexibility index (Phi) is 3.91. The lowest BCUT2D eigenvalue weighted by atomic mass is 10.2. The summed E-state index contributed by atoms with van der Waals surface area (Å²) in [6, 6.07) is -0.508. The van der Waals surface area contributed by atoms with Crippen LogP contribution in [0.1, 0.15) is 12.8 Å². The van der Waals surface area contributed by atoms with Crippen molar-refractivity contribution >= 4 is 33.2 Å². The van der Waals surface area contributed by atoms with E-state index in [0.717, 1.165) is 12.1 Å². The van der Waals surface area contributed by atoms with Crippen LogP contribution < -0.4 is 4.90 Å². The molecule has 1 heterocycles. The fourth-order valence-corrected chi connectivity index (χ4v) is 2.63. The molecule has 1 aromatic rings. The van der Waals surface area contributed by atoms with Gasteiger partial charge < -0.3 is 0 Å². The number of hydrogen-bond acceptors (Lipinski definition) is 3. The Bertz CT molecular complexity index is 620. The van der Waals surface area contributed by atoms with E-state index in [4.69, 9.17) is 0 Å². The first-order chi connectivity index (χ1) is 9.62. The SMILES string of the molecule is O=C1CCC(C(F)(F)F)N1c1cc(Br)cc(F)c1[N+](=O)[O-]. The number of benzene rings is 1. The van der Waals surface area contributed by atoms with Crippen molar-refractivity contribution in [1.29, 1.82) is 0 Å². The predicted molar refractivity (Wildman–Crippen MR) is 67.3 cm³/mol. The maximum absolute atomic E-state index is 13.7. The van der Waals surface area contributed by atoms with Crippen molar-refractivity contribution in [3.8, 4) is 0 Å². The molecule has 1 unspecified atom stereocenters. The maximum atomic E-state index is 13.7. The van der Waals surface area contributed by atoms with Gasteiger partial charge in [-0.2, -0.15) is 17.6 Å². The Hall–Kier alpha value is -1.71. The van der Waals surface area contributed by atoms with Gasteiger partial charge in [0, 0.05) is 10.9 Å². The summed E-state index contributed by atoms with van der Waals surface area (Å²) in [5.41, 5.74) is -1.85. The van der Waals surface area contributed by atoms with E-state index in [-0.39, 0.29) is 9.37 Å². The summed E-state index contributed by atoms with van der Waals surface area (Å²) in [6.07, 6.45) is -5.68. The number of alkyl halides is 3. The Morgan fingerprint density at radius 2 is 2.00 bits per heavy atom. The first-order valence-corrected chi connectivity index (χ1v) is 6.44. The minimum Gasteiger partial charge on any atom is -0.294 e. The summed E-state index contributed by atoms with van der Waals surface area (Å²) < 4.78 is 52.5. The fourth-order valence-electron chi connectivity index (χ4n) is 2.21. The Morgan fingerprint density at radius 3 is 2.52 bits per heavy atom. The van der Waals surface area contributed by atoms with Gasteiger partial charge in [-0.3, -0.25) is 19.8 Å². The molecule has 1 aliphatic rings. The van der Waals surface area contributed by atoms with Crippen LogP contribution in [-0.2, 0) is 4.79 Å². The molecule has 114 valence electrons. The second kappa shape index (κ2) is 5.24. The van der Waals surface area contributed by atoms with E-state index in [1.165, 1.54) is 0 Å². The van der Waals surface area contributed by atoms with Crippen LogP contribution in [0.15, 0.2) is 16.6 Å². The average Bonchev–Trinajstić information content (AvgIpc) is 2.68. The van der Waals surface area contributed by atoms with Gasteiger partial charge in [0.05, 0.1) is 4.92 Å². The summed E-state index contributed by atoms with van der Waals surface area (Å²) in [7, 11) is 0. The maximum Gasteiger partial charge on any atom is 0.409 e. The third-order valence-corrected chi connectivity index (χ3v) is 3.50. The standard InChI is InChI=1S/C11H7BrF4N2O3/c12-5-3-6(13)10(18(20)21)7(4-5)17-8(11(14,15)16)1-2-9(17)19/h3-4,8H,1-2H2. The van der Waals surface area contributed by atoms with Crippen LogP contribution in [0.4, 0.5) is 28.9 Å². The van der Waals surface area contributed by atoms with E-state index in [0.29, 0.717) is 0 Å². The minimum absolute atomic E-state index is 0.00113. The average molecular weight is 371 g/mol. The van der Waals surface area contributed by atoms with Crippen LogP contribution in [0, 0.1) is 15.9 Å². The molecule has 5 nitrogen and oxygen atoms in total. The summed E-state index contributed by atoms with van der Waals surface area (Å²) in [4.78, 5) is 21.7. The van der Waals surface area contributed by atoms with Crippen LogP contribution in [0.2, 0.25) is 0 Å². The number of nitro benzene ring substituents is 1. The second-order valence-corrected chi connectivity index (χ2v) is 5.29. The van der Waals surface area contributed by atoms with Crippen LogP contribution in [-0.4, -0.2) is 23.0 Å². The van der Waals surface area contributed by atoms with Gasteiger partial charge in [-0.05, 0) is 18.6 Å². The monoisotopic (exact) mass is 370 g/mol. The molecule has 10 heteroatoms. The zero-order valence-corrected chi connectivity index (χ0v) is 11.7. The number of anilines is 1. The van der Waals surface area contributed by atoms with E-state index >= 15 is 0 Å². The van der Waals surface area contributed by atoms with E-state index in [9.17, 15) is 32.5 Å². The molecule has 1 saturated heterocycles. The van der Waals surface area contributed by atoms with Gasteiger partial charge in [0.2, 0.25) is 11.7 Å². The molecule has 1 aliphatic heterocycles. The zero-order valence-electron chi connectivity index (χ0n) is 10.2. The van der Waals surface area contributed by atoms with Gasteiger partial charge in [-0.1, -0.05) is 15.9 Å². The molecule has 1 fully saturated rings. The first-order valence-electron chi connectivity index (χ1n) is 5.65. The van der Waals surface area contributed by atoms with Gasteiger partial charge in [0.25, 0.3) is 0 Å². The predicted octanol–water partition coefficient (Wildman–Crippen LogP) is 3.55. The number of rotatable bonds is 2. The van der Waals surface area contributed by atoms with E-state index in [1.54, 1.807) is 0 Å². The van der Waals surface area contributed by atoms with Gasteiger partial charge in [0.15, 0.2) is 0 Å². The van der Waals surface area contributed by atoms with E-state index < -0.39 is 53.1 Å². The van der Waals surface area contributed by atoms with Gasteiger partial charge >= 0.3 is 11.9 Å². The van der Waals surface area contributed by atoms with Crippen molar-refractivity contribution in [2.75, 3.05) is 4.90 Å². The smallest absolute Gasteiger partial charge is 0.294 e. The van der Waals surface area contributed by atoms with Crippen molar-refractivity contribution in [3.63, 3.8) is 0 Å². The Labute approximate surface area is 123 Å². The molecular formula is C11H7BrF4N2O3. The number of carbonyl (C=O) groups is 1. The lowest BCUT2D eigenvalue weighted by molar-refractivity contribution is -0.386. The molecule has 0 aliphatic carbocycles. The molecule has 21 heavy (non-hydrogen) atoms. The topological polar surface area (TPSA) is 63.5 Å². The van der Waals surface area contributed by atoms with Crippen LogP contribution in [0.3, 0.4) is 0 Å². The summed E-state index contributed by atoms with van der Waals surface area (Å²) in [5.74, 6) is -2.25. The van der Waals surface area contributed by atoms with Crippen molar-refractivity contribution < 1.29 is 27.3 Å². The number of carbonyl (C=O) groups excluding carboxylic acids is 1. The number of amides is 1. The molecular weight excluding hydrogens is 364 g/mol. The molecule has 1 aromatic carbocycles. The normalized spacial score (nSPS) is 19.2. The first kappa shape index (κ1) is 15.7. The van der Waals surface area contributed by atoms with Crippen LogP contribution in [0.25, 0.3) is 0 Å². The van der Waals surface area contributed by atoms with Gasteiger partial charge in [0.1, 0.15) is 11.7 Å². The third-order valence-electron chi connectivity index (χ3n) is 3.04. The Morgan fingerprint density at radius 1 is 1.38 bits per heavy atom. The summed E-state index contributed by atoms with van der Waals surface area (Å²) in [6.45, 7) is 0. The molecule has 1 atom stereocenters. The Balaban J connectivity index is 2.64. The minimum atomic E-state index is -4.75. The molecule has 0 radical (unpaired) electrons. The third kappa shape index (κ3) is 2.85. The number of hydrogen-bond donors (Lipinski definition) is 0. The van der Waals surface area contributed by atoms with Crippen molar-refractivity contribution in [2.24, 2.45) is 0 Å². The zero-order chi connectivity index (χ0) is 15.9. The van der Waals surface area contributed by atoms with Crippen molar-refractivity contribution in [2.45, 2.75) is 25.1 Å². The largest absolute Gasteiger partial charge is 0.409 e. The molecule has 0 aromatic heterocycles. The number of nitro groups is 1. The highest BCUT2D eigenvalue weighted by Gasteiger charge is 2.51. The molecule has 0 spiro atoms. The van der Waals surface area contributed by atoms with Crippen molar-refractivity contribution in [3.05, 3.63) is 32.5 Å². The van der Waals surface area contributed by atoms with E-state index in [1.807, 2.05) is 0 Å². The second-order valence-electron chi connectivity index (χ2n) is 4.37. The molecule has 0 saturated carbocycles. The fraction of sp³-hybridized carbons (Fsp3) is 0.364. The summed E-state index contributed by atoms with van der Waals surface area (Å²) >= 11 is 2.85. The van der Waals surface area contributed by atoms with Gasteiger partial charge in [-0.15, -0.1) is 0 Å². The lowest BCUT2D eigenvalue weighted by Gasteiger charge is -2.26. The number of nitrogens with zero attached hydrogens (tertiary/aromatic N) is 2. The molecule has 1 amide bonds. The highest BCUT2D eigenvalue weighted by atomic mass is 79.9. The van der Waals surface area contributed by atoms with Crippen LogP contribution >= 0.6 is 15.9 Å². The van der Waals surface area contributed by atoms with Gasteiger partial charge in [-0.25, -0.2) is 0 Å². The lowest BCUT2D eigenvalue weighted by Crippen LogP contribution is -2.43. The molecule has 0 N–H and O–H groups in total. The molecule has 2 rings (SSSR count). The highest BCUT2D eigenvalue weighted by molar-refractivity contribution is 9.10. The van der Waals surface area contributed by atoms with Crippen LogP contribution in [0.5, 0.6) is 0 Å². The summed E-state index contributed by atoms with van der Waals surface area (Å²) in [5, 5.41) is 10.9. The number of halogens is 5. The highest BCUT2D eigenvalue weighted by Crippen LogP contribution is 2.42. The van der Waals surface area contributed by atoms with Crippen molar-refractivity contribution in [1.82, 2.24) is 0 Å².